The van der Waals surface area contributed by atoms with Crippen LogP contribution in [0.4, 0.5) is 0 Å². The number of hydrogen-bond acceptors (Lipinski definition) is 3. The van der Waals surface area contributed by atoms with E-state index in [1.54, 1.807) is 4.90 Å². The lowest BCUT2D eigenvalue weighted by Gasteiger charge is -2.37. The van der Waals surface area contributed by atoms with Crippen LogP contribution >= 0.6 is 0 Å². The first-order valence-corrected chi connectivity index (χ1v) is 9.69. The minimum Gasteiger partial charge on any atom is -0.344 e. The van der Waals surface area contributed by atoms with Crippen molar-refractivity contribution in [2.75, 3.05) is 26.2 Å². The van der Waals surface area contributed by atoms with Crippen molar-refractivity contribution in [3.05, 3.63) is 0 Å². The van der Waals surface area contributed by atoms with Crippen LogP contribution in [-0.4, -0.2) is 59.7 Å². The molecule has 0 aliphatic carbocycles. The van der Waals surface area contributed by atoms with Crippen LogP contribution in [-0.2, 0) is 14.4 Å². The van der Waals surface area contributed by atoms with Gasteiger partial charge in [-0.05, 0) is 38.5 Å². The number of amides is 3. The number of nitrogens with one attached hydrogen (secondary N) is 1. The molecule has 0 aromatic heterocycles. The number of carbonyl (C=O) groups excluding carboxylic acids is 3. The molecule has 1 aliphatic rings. The van der Waals surface area contributed by atoms with Gasteiger partial charge in [-0.15, -0.1) is 0 Å². The Morgan fingerprint density at radius 1 is 1.08 bits per heavy atom. The minimum absolute atomic E-state index is 0.00220. The highest BCUT2D eigenvalue weighted by atomic mass is 16.2. The van der Waals surface area contributed by atoms with Crippen LogP contribution in [0.5, 0.6) is 0 Å². The Bertz CT molecular complexity index is 453. The average molecular weight is 354 g/mol. The largest absolute Gasteiger partial charge is 0.344 e. The van der Waals surface area contributed by atoms with Crippen molar-refractivity contribution in [3.63, 3.8) is 0 Å². The van der Waals surface area contributed by atoms with Crippen LogP contribution in [0.3, 0.4) is 0 Å². The maximum Gasteiger partial charge on any atom is 0.245 e. The lowest BCUT2D eigenvalue weighted by molar-refractivity contribution is -0.139. The van der Waals surface area contributed by atoms with E-state index in [4.69, 9.17) is 0 Å². The van der Waals surface area contributed by atoms with Gasteiger partial charge < -0.3 is 15.1 Å². The third-order valence-corrected chi connectivity index (χ3v) is 4.92. The summed E-state index contributed by atoms with van der Waals surface area (Å²) in [6.07, 6.45) is 2.45. The maximum absolute atomic E-state index is 12.9. The Hall–Kier alpha value is -1.59. The van der Waals surface area contributed by atoms with E-state index in [2.05, 4.69) is 5.32 Å². The molecule has 0 bridgehead atoms. The van der Waals surface area contributed by atoms with E-state index < -0.39 is 6.04 Å². The van der Waals surface area contributed by atoms with E-state index in [0.29, 0.717) is 39.0 Å². The van der Waals surface area contributed by atoms with E-state index in [0.717, 1.165) is 12.8 Å². The van der Waals surface area contributed by atoms with Gasteiger partial charge in [0, 0.05) is 39.0 Å². The van der Waals surface area contributed by atoms with Crippen LogP contribution < -0.4 is 5.32 Å². The van der Waals surface area contributed by atoms with E-state index in [1.807, 2.05) is 39.5 Å². The second-order valence-corrected chi connectivity index (χ2v) is 7.23. The van der Waals surface area contributed by atoms with Gasteiger partial charge in [0.25, 0.3) is 0 Å². The Kier molecular flexibility index (Phi) is 8.93. The third-order valence-electron chi connectivity index (χ3n) is 4.92. The van der Waals surface area contributed by atoms with Crippen molar-refractivity contribution in [2.24, 2.45) is 11.8 Å². The number of piperidine rings is 1. The van der Waals surface area contributed by atoms with Crippen molar-refractivity contribution < 1.29 is 14.4 Å². The molecule has 1 N–H and O–H groups in total. The van der Waals surface area contributed by atoms with Gasteiger partial charge in [-0.25, -0.2) is 0 Å². The quantitative estimate of drug-likeness (QED) is 0.726. The second kappa shape index (κ2) is 10.4. The molecule has 1 rings (SSSR count). The van der Waals surface area contributed by atoms with Crippen molar-refractivity contribution in [2.45, 2.75) is 66.3 Å². The van der Waals surface area contributed by atoms with Gasteiger partial charge >= 0.3 is 0 Å². The van der Waals surface area contributed by atoms with E-state index >= 15 is 0 Å². The van der Waals surface area contributed by atoms with Crippen molar-refractivity contribution in [3.8, 4) is 0 Å². The summed E-state index contributed by atoms with van der Waals surface area (Å²) in [6.45, 7) is 12.4. The molecule has 3 amide bonds. The molecule has 0 unspecified atom stereocenters. The lowest BCUT2D eigenvalue weighted by Crippen LogP contribution is -2.54. The fraction of sp³-hybridized carbons (Fsp3) is 0.842. The third kappa shape index (κ3) is 6.33. The summed E-state index contributed by atoms with van der Waals surface area (Å²) < 4.78 is 0. The van der Waals surface area contributed by atoms with Gasteiger partial charge in [-0.2, -0.15) is 0 Å². The maximum atomic E-state index is 12.9. The second-order valence-electron chi connectivity index (χ2n) is 7.23. The van der Waals surface area contributed by atoms with Gasteiger partial charge in [-0.3, -0.25) is 14.4 Å². The molecule has 0 aromatic rings. The summed E-state index contributed by atoms with van der Waals surface area (Å²) in [4.78, 5) is 40.7. The summed E-state index contributed by atoms with van der Waals surface area (Å²) in [5.41, 5.74) is 0. The van der Waals surface area contributed by atoms with Crippen LogP contribution in [0.2, 0.25) is 0 Å². The van der Waals surface area contributed by atoms with Crippen LogP contribution in [0.15, 0.2) is 0 Å². The summed E-state index contributed by atoms with van der Waals surface area (Å²) >= 11 is 0. The summed E-state index contributed by atoms with van der Waals surface area (Å²) in [6, 6.07) is -0.481. The summed E-state index contributed by atoms with van der Waals surface area (Å²) in [5, 5.41) is 2.99. The SMILES string of the molecule is CCC(=O)N1CCC([C@H](NC(=O)CC(C)C)C(=O)N(CC)CC)CC1. The van der Waals surface area contributed by atoms with E-state index in [-0.39, 0.29) is 29.6 Å². The van der Waals surface area contributed by atoms with Crippen molar-refractivity contribution >= 4 is 17.7 Å². The van der Waals surface area contributed by atoms with E-state index in [1.165, 1.54) is 0 Å². The predicted molar refractivity (Wildman–Crippen MR) is 98.9 cm³/mol. The first-order valence-electron chi connectivity index (χ1n) is 9.69. The zero-order valence-corrected chi connectivity index (χ0v) is 16.5. The fourth-order valence-corrected chi connectivity index (χ4v) is 3.42. The van der Waals surface area contributed by atoms with Crippen LogP contribution in [0, 0.1) is 11.8 Å². The molecule has 0 radical (unpaired) electrons. The molecule has 1 saturated heterocycles. The Morgan fingerprint density at radius 3 is 2.08 bits per heavy atom. The molecule has 0 spiro atoms. The van der Waals surface area contributed by atoms with Crippen molar-refractivity contribution in [1.82, 2.24) is 15.1 Å². The first-order chi connectivity index (χ1) is 11.8. The predicted octanol–water partition coefficient (Wildman–Crippen LogP) is 2.03. The number of likely N-dealkylation sites (tertiary alicyclic amines) is 1. The molecule has 25 heavy (non-hydrogen) atoms. The zero-order chi connectivity index (χ0) is 19.0. The number of nitrogens with zero attached hydrogens (tertiary/aromatic N) is 2. The highest BCUT2D eigenvalue weighted by Gasteiger charge is 2.35. The molecule has 0 aromatic carbocycles. The van der Waals surface area contributed by atoms with Gasteiger partial charge in [0.15, 0.2) is 0 Å². The van der Waals surface area contributed by atoms with Gasteiger partial charge in [0.1, 0.15) is 6.04 Å². The monoisotopic (exact) mass is 353 g/mol. The van der Waals surface area contributed by atoms with Crippen LogP contribution in [0.1, 0.15) is 60.3 Å². The molecular weight excluding hydrogens is 318 g/mol. The summed E-state index contributed by atoms with van der Waals surface area (Å²) in [5.74, 6) is 0.446. The molecule has 0 saturated carbocycles. The number of carbonyl (C=O) groups is 3. The Balaban J connectivity index is 2.82. The van der Waals surface area contributed by atoms with Crippen molar-refractivity contribution in [1.29, 1.82) is 0 Å². The standard InChI is InChI=1S/C19H35N3O3/c1-6-17(24)22-11-9-15(10-12-22)18(19(25)21(7-2)8-3)20-16(23)13-14(4)5/h14-15,18H,6-13H2,1-5H3,(H,20,23)/t18-/m0/s1. The average Bonchev–Trinajstić information content (AvgIpc) is 2.59. The van der Waals surface area contributed by atoms with E-state index in [9.17, 15) is 14.4 Å². The fourth-order valence-electron chi connectivity index (χ4n) is 3.42. The molecule has 6 heteroatoms. The lowest BCUT2D eigenvalue weighted by atomic mass is 9.88. The zero-order valence-electron chi connectivity index (χ0n) is 16.5. The number of hydrogen-bond donors (Lipinski definition) is 1. The Labute approximate surface area is 152 Å². The van der Waals surface area contributed by atoms with Gasteiger partial charge in [0.2, 0.25) is 17.7 Å². The molecule has 6 nitrogen and oxygen atoms in total. The number of likely N-dealkylation sites (N-methyl/N-ethyl adjacent to an activating group) is 1. The topological polar surface area (TPSA) is 69.7 Å². The normalized spacial score (nSPS) is 16.6. The molecule has 144 valence electrons. The summed E-state index contributed by atoms with van der Waals surface area (Å²) in [7, 11) is 0. The van der Waals surface area contributed by atoms with Gasteiger partial charge in [0.05, 0.1) is 0 Å². The number of rotatable bonds is 8. The molecule has 1 fully saturated rings. The van der Waals surface area contributed by atoms with Gasteiger partial charge in [-0.1, -0.05) is 20.8 Å². The first kappa shape index (κ1) is 21.5. The van der Waals surface area contributed by atoms with Crippen LogP contribution in [0.25, 0.3) is 0 Å². The minimum atomic E-state index is -0.481. The molecular formula is C19H35N3O3. The smallest absolute Gasteiger partial charge is 0.245 e. The molecule has 1 aliphatic heterocycles. The highest BCUT2D eigenvalue weighted by Crippen LogP contribution is 2.23. The Morgan fingerprint density at radius 2 is 1.64 bits per heavy atom. The molecule has 1 heterocycles. The molecule has 1 atom stereocenters. The highest BCUT2D eigenvalue weighted by molar-refractivity contribution is 5.88.